The number of hydrogen-bond acceptors (Lipinski definition) is 5. The third kappa shape index (κ3) is 5.87. The first-order valence-corrected chi connectivity index (χ1v) is 13.6. The van der Waals surface area contributed by atoms with Gasteiger partial charge in [0, 0.05) is 36.7 Å². The number of aromatic nitrogens is 3. The molecule has 38 heavy (non-hydrogen) atoms. The van der Waals surface area contributed by atoms with Crippen LogP contribution in [-0.2, 0) is 0 Å². The summed E-state index contributed by atoms with van der Waals surface area (Å²) >= 11 is 0. The molecule has 0 aromatic carbocycles. The molecule has 1 unspecified atom stereocenters. The van der Waals surface area contributed by atoms with Crippen LogP contribution < -0.4 is 15.1 Å². The summed E-state index contributed by atoms with van der Waals surface area (Å²) < 4.78 is 0. The number of aryl methyl sites for hydroxylation is 1. The lowest BCUT2D eigenvalue weighted by Crippen LogP contribution is -2.48. The van der Waals surface area contributed by atoms with Crippen molar-refractivity contribution in [3.8, 4) is 11.3 Å². The van der Waals surface area contributed by atoms with Crippen LogP contribution >= 0.6 is 0 Å². The lowest BCUT2D eigenvalue weighted by Gasteiger charge is -2.35. The Bertz CT molecular complexity index is 1330. The van der Waals surface area contributed by atoms with Crippen molar-refractivity contribution >= 4 is 28.9 Å². The minimum absolute atomic E-state index is 0.0783. The maximum Gasteiger partial charge on any atom is 0.329 e. The predicted molar refractivity (Wildman–Crippen MR) is 158 cm³/mol. The Morgan fingerprint density at radius 1 is 1.11 bits per heavy atom. The van der Waals surface area contributed by atoms with Gasteiger partial charge in [0.2, 0.25) is 0 Å². The van der Waals surface area contributed by atoms with E-state index in [0.717, 1.165) is 54.1 Å². The number of nitrogens with one attached hydrogen (secondary N) is 1. The zero-order chi connectivity index (χ0) is 27.4. The van der Waals surface area contributed by atoms with Crippen molar-refractivity contribution in [3.63, 3.8) is 0 Å². The van der Waals surface area contributed by atoms with Gasteiger partial charge in [-0.25, -0.2) is 14.8 Å². The fourth-order valence-electron chi connectivity index (χ4n) is 5.15. The van der Waals surface area contributed by atoms with Gasteiger partial charge >= 0.3 is 6.03 Å². The summed E-state index contributed by atoms with van der Waals surface area (Å²) in [6.07, 6.45) is 7.56. The molecule has 5 rings (SSSR count). The monoisotopic (exact) mass is 512 g/mol. The van der Waals surface area contributed by atoms with Gasteiger partial charge in [-0.3, -0.25) is 15.2 Å². The summed E-state index contributed by atoms with van der Waals surface area (Å²) in [7, 11) is 0. The zero-order valence-corrected chi connectivity index (χ0v) is 23.7. The first-order chi connectivity index (χ1) is 18.2. The van der Waals surface area contributed by atoms with Crippen molar-refractivity contribution in [1.29, 1.82) is 0 Å². The number of hydrogen-bond donors (Lipinski definition) is 1. The highest BCUT2D eigenvalue weighted by Gasteiger charge is 2.40. The van der Waals surface area contributed by atoms with E-state index in [1.165, 1.54) is 5.57 Å². The van der Waals surface area contributed by atoms with Crippen molar-refractivity contribution in [2.75, 3.05) is 28.2 Å². The van der Waals surface area contributed by atoms with E-state index in [-0.39, 0.29) is 17.5 Å². The Balaban J connectivity index is 0.00000164. The summed E-state index contributed by atoms with van der Waals surface area (Å²) in [6.45, 7) is 16.5. The SMILES string of the molecule is C/C=C(\CC(C)(C)C)c1ccnc(NC(=O)N2c3nc(-c4ccnc(C)c4)ccc3N3CCC2C3)c1.CC. The van der Waals surface area contributed by atoms with Gasteiger partial charge in [-0.05, 0) is 79.6 Å². The molecule has 2 bridgehead atoms. The van der Waals surface area contributed by atoms with E-state index >= 15 is 0 Å². The lowest BCUT2D eigenvalue weighted by atomic mass is 9.85. The summed E-state index contributed by atoms with van der Waals surface area (Å²) in [5.41, 5.74) is 6.24. The number of pyridine rings is 3. The van der Waals surface area contributed by atoms with Crippen LogP contribution in [0, 0.1) is 12.3 Å². The molecule has 0 radical (unpaired) electrons. The Kier molecular flexibility index (Phi) is 8.14. The normalized spacial score (nSPS) is 16.5. The molecule has 5 heterocycles. The number of anilines is 3. The second-order valence-corrected chi connectivity index (χ2v) is 10.9. The Morgan fingerprint density at radius 3 is 2.58 bits per heavy atom. The Hall–Kier alpha value is -3.74. The maximum absolute atomic E-state index is 13.7. The quantitative estimate of drug-likeness (QED) is 0.396. The maximum atomic E-state index is 13.7. The van der Waals surface area contributed by atoms with Gasteiger partial charge in [0.1, 0.15) is 5.82 Å². The summed E-state index contributed by atoms with van der Waals surface area (Å²) in [5.74, 6) is 1.25. The van der Waals surface area contributed by atoms with Crippen molar-refractivity contribution < 1.29 is 4.79 Å². The van der Waals surface area contributed by atoms with E-state index in [1.807, 2.05) is 56.0 Å². The van der Waals surface area contributed by atoms with Crippen LogP contribution in [0.25, 0.3) is 16.8 Å². The molecule has 2 aliphatic heterocycles. The third-order valence-electron chi connectivity index (χ3n) is 6.80. The molecule has 1 saturated heterocycles. The third-order valence-corrected chi connectivity index (χ3v) is 6.80. The molecule has 0 saturated carbocycles. The smallest absolute Gasteiger partial charge is 0.329 e. The van der Waals surface area contributed by atoms with Crippen LogP contribution in [0.2, 0.25) is 0 Å². The minimum atomic E-state index is -0.194. The molecule has 3 aromatic rings. The van der Waals surface area contributed by atoms with Crippen LogP contribution in [0.5, 0.6) is 0 Å². The molecule has 1 fully saturated rings. The van der Waals surface area contributed by atoms with E-state index in [9.17, 15) is 4.79 Å². The largest absolute Gasteiger partial charge is 0.366 e. The number of nitrogens with zero attached hydrogens (tertiary/aromatic N) is 5. The van der Waals surface area contributed by atoms with Crippen molar-refractivity contribution in [1.82, 2.24) is 15.0 Å². The van der Waals surface area contributed by atoms with Crippen LogP contribution in [-0.4, -0.2) is 40.1 Å². The number of fused-ring (bicyclic) bond motifs is 4. The molecular weight excluding hydrogens is 472 g/mol. The summed E-state index contributed by atoms with van der Waals surface area (Å²) in [4.78, 5) is 31.6. The van der Waals surface area contributed by atoms with Gasteiger partial charge in [0.25, 0.3) is 0 Å². The van der Waals surface area contributed by atoms with Crippen molar-refractivity contribution in [3.05, 3.63) is 66.1 Å². The van der Waals surface area contributed by atoms with Crippen LogP contribution in [0.4, 0.5) is 22.1 Å². The topological polar surface area (TPSA) is 74.2 Å². The zero-order valence-electron chi connectivity index (χ0n) is 23.7. The average Bonchev–Trinajstić information content (AvgIpc) is 3.32. The second kappa shape index (κ2) is 11.3. The summed E-state index contributed by atoms with van der Waals surface area (Å²) in [6, 6.07) is 11.9. The highest BCUT2D eigenvalue weighted by molar-refractivity contribution is 6.04. The van der Waals surface area contributed by atoms with Crippen LogP contribution in [0.3, 0.4) is 0 Å². The van der Waals surface area contributed by atoms with Crippen molar-refractivity contribution in [2.24, 2.45) is 5.41 Å². The number of allylic oxidation sites excluding steroid dienone is 2. The highest BCUT2D eigenvalue weighted by atomic mass is 16.2. The van der Waals surface area contributed by atoms with Gasteiger partial charge in [-0.15, -0.1) is 0 Å². The van der Waals surface area contributed by atoms with Gasteiger partial charge < -0.3 is 4.90 Å². The molecule has 2 amide bonds. The van der Waals surface area contributed by atoms with Gasteiger partial charge in [0.05, 0.1) is 17.4 Å². The number of amides is 2. The molecule has 7 heteroatoms. The summed E-state index contributed by atoms with van der Waals surface area (Å²) in [5, 5.41) is 3.07. The number of carbonyl (C=O) groups is 1. The number of rotatable bonds is 4. The van der Waals surface area contributed by atoms with Gasteiger partial charge in [-0.1, -0.05) is 40.7 Å². The molecular formula is C31H40N6O. The van der Waals surface area contributed by atoms with E-state index < -0.39 is 0 Å². The molecule has 0 aliphatic carbocycles. The number of carbonyl (C=O) groups excluding carboxylic acids is 1. The van der Waals surface area contributed by atoms with E-state index in [2.05, 4.69) is 60.0 Å². The fraction of sp³-hybridized carbons (Fsp3) is 0.419. The van der Waals surface area contributed by atoms with Crippen molar-refractivity contribution in [2.45, 2.75) is 67.3 Å². The van der Waals surface area contributed by atoms with E-state index in [0.29, 0.717) is 11.6 Å². The Morgan fingerprint density at radius 2 is 1.87 bits per heavy atom. The Labute approximate surface area is 227 Å². The average molecular weight is 513 g/mol. The lowest BCUT2D eigenvalue weighted by molar-refractivity contribution is 0.254. The second-order valence-electron chi connectivity index (χ2n) is 10.9. The molecule has 1 N–H and O–H groups in total. The van der Waals surface area contributed by atoms with Crippen LogP contribution in [0.15, 0.2) is 54.9 Å². The molecule has 0 spiro atoms. The van der Waals surface area contributed by atoms with Gasteiger partial charge in [0.15, 0.2) is 5.82 Å². The van der Waals surface area contributed by atoms with E-state index in [4.69, 9.17) is 4.98 Å². The predicted octanol–water partition coefficient (Wildman–Crippen LogP) is 7.34. The first-order valence-electron chi connectivity index (χ1n) is 13.6. The number of urea groups is 1. The molecule has 3 aromatic heterocycles. The standard InChI is InChI=1S/C29H34N6O.C2H6/c1-6-20(17-29(3,4)5)21-9-13-31-26(16-21)33-28(36)35-23-11-14-34(18-23)25-8-7-24(32-27(25)35)22-10-12-30-19(2)15-22;1-2/h6-10,12-13,15-16,23H,11,14,17-18H2,1-5H3,(H,31,33,36);1-2H3/b20-6+;. The van der Waals surface area contributed by atoms with Crippen LogP contribution in [0.1, 0.15) is 65.6 Å². The molecule has 1 atom stereocenters. The fourth-order valence-corrected chi connectivity index (χ4v) is 5.15. The van der Waals surface area contributed by atoms with Gasteiger partial charge in [-0.2, -0.15) is 0 Å². The molecule has 200 valence electrons. The first kappa shape index (κ1) is 27.3. The minimum Gasteiger partial charge on any atom is -0.366 e. The highest BCUT2D eigenvalue weighted by Crippen LogP contribution is 2.40. The molecule has 2 aliphatic rings. The van der Waals surface area contributed by atoms with E-state index in [1.54, 1.807) is 12.4 Å². The molecule has 7 nitrogen and oxygen atoms in total.